The van der Waals surface area contributed by atoms with Crippen LogP contribution in [0.25, 0.3) is 0 Å². The van der Waals surface area contributed by atoms with Gasteiger partial charge in [-0.3, -0.25) is 4.90 Å². The van der Waals surface area contributed by atoms with E-state index in [1.807, 2.05) is 12.1 Å². The number of carbonyl (C=O) groups is 1. The molecule has 3 rings (SSSR count). The molecule has 1 aliphatic carbocycles. The van der Waals surface area contributed by atoms with Gasteiger partial charge < -0.3 is 9.84 Å². The molecule has 1 aromatic rings. The van der Waals surface area contributed by atoms with Crippen LogP contribution in [0.4, 0.5) is 0 Å². The molecule has 1 aliphatic heterocycles. The summed E-state index contributed by atoms with van der Waals surface area (Å²) in [6, 6.07) is 6.65. The fraction of sp³-hybridized carbons (Fsp3) is 0.438. The quantitative estimate of drug-likeness (QED) is 0.913. The van der Waals surface area contributed by atoms with Gasteiger partial charge in [0.1, 0.15) is 5.75 Å². The fourth-order valence-electron chi connectivity index (χ4n) is 3.19. The molecule has 4 nitrogen and oxygen atoms in total. The molecular weight excluding hydrogens is 254 g/mol. The summed E-state index contributed by atoms with van der Waals surface area (Å²) in [5.41, 5.74) is 3.23. The van der Waals surface area contributed by atoms with Crippen LogP contribution in [-0.2, 0) is 17.6 Å². The van der Waals surface area contributed by atoms with Gasteiger partial charge in [0.2, 0.25) is 0 Å². The van der Waals surface area contributed by atoms with Gasteiger partial charge in [-0.15, -0.1) is 0 Å². The van der Waals surface area contributed by atoms with Crippen molar-refractivity contribution in [1.29, 1.82) is 0 Å². The van der Waals surface area contributed by atoms with Crippen LogP contribution in [0, 0.1) is 0 Å². The lowest BCUT2D eigenvalue weighted by atomic mass is 10.1. The van der Waals surface area contributed by atoms with Crippen molar-refractivity contribution in [2.24, 2.45) is 0 Å². The average Bonchev–Trinajstić information content (AvgIpc) is 2.90. The predicted molar refractivity (Wildman–Crippen MR) is 76.1 cm³/mol. The van der Waals surface area contributed by atoms with Crippen LogP contribution in [0.2, 0.25) is 0 Å². The number of hydrogen-bond donors (Lipinski definition) is 1. The van der Waals surface area contributed by atoms with Crippen molar-refractivity contribution in [3.63, 3.8) is 0 Å². The van der Waals surface area contributed by atoms with E-state index in [1.54, 1.807) is 7.11 Å². The maximum Gasteiger partial charge on any atom is 0.332 e. The second kappa shape index (κ2) is 5.29. The maximum absolute atomic E-state index is 11.1. The van der Waals surface area contributed by atoms with Gasteiger partial charge in [-0.25, -0.2) is 4.79 Å². The average molecular weight is 273 g/mol. The first kappa shape index (κ1) is 13.2. The van der Waals surface area contributed by atoms with Crippen LogP contribution in [-0.4, -0.2) is 42.2 Å². The van der Waals surface area contributed by atoms with Crippen molar-refractivity contribution in [3.8, 4) is 5.75 Å². The van der Waals surface area contributed by atoms with Crippen molar-refractivity contribution < 1.29 is 14.6 Å². The molecule has 0 radical (unpaired) electrons. The number of carboxylic acids is 1. The Morgan fingerprint density at radius 3 is 2.90 bits per heavy atom. The maximum atomic E-state index is 11.1. The first-order chi connectivity index (χ1) is 9.67. The topological polar surface area (TPSA) is 49.8 Å². The van der Waals surface area contributed by atoms with Gasteiger partial charge in [-0.1, -0.05) is 12.1 Å². The monoisotopic (exact) mass is 273 g/mol. The highest BCUT2D eigenvalue weighted by Gasteiger charge is 2.29. The number of carboxylic acid groups (broad SMARTS) is 1. The summed E-state index contributed by atoms with van der Waals surface area (Å²) in [6.07, 6.45) is 4.67. The van der Waals surface area contributed by atoms with Crippen LogP contribution in [0.5, 0.6) is 5.75 Å². The number of rotatable bonds is 3. The number of nitrogens with zero attached hydrogens (tertiary/aromatic N) is 1. The highest BCUT2D eigenvalue weighted by Crippen LogP contribution is 2.30. The van der Waals surface area contributed by atoms with E-state index in [0.717, 1.165) is 31.6 Å². The summed E-state index contributed by atoms with van der Waals surface area (Å²) in [7, 11) is 1.68. The standard InChI is InChI=1S/C16H19NO3/c1-20-15-5-4-11-7-14(8-13(11)9-15)17-6-2-3-12(10-17)16(18)19/h3-5,9,14H,2,6-8,10H2,1H3,(H,18,19). The van der Waals surface area contributed by atoms with Crippen molar-refractivity contribution in [3.05, 3.63) is 41.0 Å². The molecule has 0 aromatic heterocycles. The van der Waals surface area contributed by atoms with Crippen LogP contribution in [0.3, 0.4) is 0 Å². The lowest BCUT2D eigenvalue weighted by Crippen LogP contribution is -2.41. The molecule has 0 spiro atoms. The summed E-state index contributed by atoms with van der Waals surface area (Å²) in [4.78, 5) is 13.4. The molecule has 0 amide bonds. The Balaban J connectivity index is 1.72. The van der Waals surface area contributed by atoms with Crippen LogP contribution < -0.4 is 4.74 Å². The van der Waals surface area contributed by atoms with E-state index in [0.29, 0.717) is 18.2 Å². The number of aliphatic carboxylic acids is 1. The summed E-state index contributed by atoms with van der Waals surface area (Å²) in [6.45, 7) is 1.51. The predicted octanol–water partition coefficient (Wildman–Crippen LogP) is 1.88. The second-order valence-corrected chi connectivity index (χ2v) is 5.49. The van der Waals surface area contributed by atoms with Crippen LogP contribution in [0.1, 0.15) is 17.5 Å². The van der Waals surface area contributed by atoms with Gasteiger partial charge in [0, 0.05) is 24.7 Å². The largest absolute Gasteiger partial charge is 0.497 e. The summed E-state index contributed by atoms with van der Waals surface area (Å²) < 4.78 is 5.27. The minimum absolute atomic E-state index is 0.417. The van der Waals surface area contributed by atoms with Crippen molar-refractivity contribution in [2.45, 2.75) is 25.3 Å². The number of methoxy groups -OCH3 is 1. The van der Waals surface area contributed by atoms with Gasteiger partial charge in [0.25, 0.3) is 0 Å². The summed E-state index contributed by atoms with van der Waals surface area (Å²) >= 11 is 0. The Morgan fingerprint density at radius 1 is 1.35 bits per heavy atom. The Morgan fingerprint density at radius 2 is 2.15 bits per heavy atom. The van der Waals surface area contributed by atoms with Gasteiger partial charge in [-0.05, 0) is 42.5 Å². The molecule has 1 heterocycles. The number of benzene rings is 1. The Kier molecular flexibility index (Phi) is 3.49. The third-order valence-electron chi connectivity index (χ3n) is 4.30. The van der Waals surface area contributed by atoms with Crippen LogP contribution >= 0.6 is 0 Å². The third-order valence-corrected chi connectivity index (χ3v) is 4.30. The molecule has 1 aromatic carbocycles. The van der Waals surface area contributed by atoms with E-state index in [1.165, 1.54) is 11.1 Å². The van der Waals surface area contributed by atoms with E-state index in [-0.39, 0.29) is 0 Å². The zero-order valence-corrected chi connectivity index (χ0v) is 11.6. The number of ether oxygens (including phenoxy) is 1. The minimum Gasteiger partial charge on any atom is -0.497 e. The first-order valence-corrected chi connectivity index (χ1v) is 6.99. The molecule has 106 valence electrons. The van der Waals surface area contributed by atoms with Gasteiger partial charge >= 0.3 is 5.97 Å². The number of hydrogen-bond acceptors (Lipinski definition) is 3. The Bertz CT molecular complexity index is 565. The lowest BCUT2D eigenvalue weighted by Gasteiger charge is -2.31. The second-order valence-electron chi connectivity index (χ2n) is 5.49. The van der Waals surface area contributed by atoms with Gasteiger partial charge in [0.05, 0.1) is 7.11 Å². The fourth-order valence-corrected chi connectivity index (χ4v) is 3.19. The minimum atomic E-state index is -0.785. The molecule has 0 saturated carbocycles. The molecule has 1 atom stereocenters. The zero-order valence-electron chi connectivity index (χ0n) is 11.6. The van der Waals surface area contributed by atoms with E-state index >= 15 is 0 Å². The lowest BCUT2D eigenvalue weighted by molar-refractivity contribution is -0.133. The third kappa shape index (κ3) is 2.43. The van der Waals surface area contributed by atoms with Crippen molar-refractivity contribution >= 4 is 5.97 Å². The summed E-state index contributed by atoms with van der Waals surface area (Å²) in [5, 5.41) is 9.13. The van der Waals surface area contributed by atoms with E-state index in [2.05, 4.69) is 17.0 Å². The summed E-state index contributed by atoms with van der Waals surface area (Å²) in [5.74, 6) is 0.112. The normalized spacial score (nSPS) is 22.2. The smallest absolute Gasteiger partial charge is 0.332 e. The van der Waals surface area contributed by atoms with E-state index in [9.17, 15) is 4.79 Å². The molecular formula is C16H19NO3. The molecule has 0 saturated heterocycles. The molecule has 0 fully saturated rings. The highest BCUT2D eigenvalue weighted by molar-refractivity contribution is 5.87. The highest BCUT2D eigenvalue weighted by atomic mass is 16.5. The Hall–Kier alpha value is -1.81. The van der Waals surface area contributed by atoms with Crippen molar-refractivity contribution in [2.75, 3.05) is 20.2 Å². The number of fused-ring (bicyclic) bond motifs is 1. The van der Waals surface area contributed by atoms with E-state index < -0.39 is 5.97 Å². The van der Waals surface area contributed by atoms with Gasteiger partial charge in [-0.2, -0.15) is 0 Å². The molecule has 0 bridgehead atoms. The SMILES string of the molecule is COc1ccc2c(c1)CC(N1CCC=C(C(=O)O)C1)C2. The molecule has 2 aliphatic rings. The first-order valence-electron chi connectivity index (χ1n) is 6.99. The Labute approximate surface area is 118 Å². The molecule has 4 heteroatoms. The molecule has 20 heavy (non-hydrogen) atoms. The van der Waals surface area contributed by atoms with Crippen molar-refractivity contribution in [1.82, 2.24) is 4.90 Å². The van der Waals surface area contributed by atoms with E-state index in [4.69, 9.17) is 9.84 Å². The van der Waals surface area contributed by atoms with Crippen LogP contribution in [0.15, 0.2) is 29.8 Å². The zero-order chi connectivity index (χ0) is 14.1. The molecule has 1 unspecified atom stereocenters. The van der Waals surface area contributed by atoms with Gasteiger partial charge in [0.15, 0.2) is 0 Å². The molecule has 1 N–H and O–H groups in total.